The number of nitrogens with zero attached hydrogens (tertiary/aromatic N) is 2. The van der Waals surface area contributed by atoms with Gasteiger partial charge in [0.1, 0.15) is 5.75 Å². The van der Waals surface area contributed by atoms with Crippen LogP contribution in [0, 0.1) is 0 Å². The Kier molecular flexibility index (Phi) is 7.77. The Balaban J connectivity index is 0.000000878. The van der Waals surface area contributed by atoms with E-state index in [9.17, 15) is 4.79 Å². The van der Waals surface area contributed by atoms with Gasteiger partial charge in [0.2, 0.25) is 0 Å². The molecule has 3 rings (SSSR count). The first-order chi connectivity index (χ1) is 13.6. The molecule has 0 unspecified atom stereocenters. The zero-order valence-corrected chi connectivity index (χ0v) is 15.8. The van der Waals surface area contributed by atoms with Gasteiger partial charge in [-0.05, 0) is 36.2 Å². The number of aromatic nitrogens is 2. The quantitative estimate of drug-likeness (QED) is 0.640. The number of aryl methyl sites for hydroxylation is 1. The monoisotopic (exact) mass is 381 g/mol. The molecule has 0 atom stereocenters. The summed E-state index contributed by atoms with van der Waals surface area (Å²) in [5.74, 6) is 0.592. The second-order valence-corrected chi connectivity index (χ2v) is 5.85. The highest BCUT2D eigenvalue weighted by Crippen LogP contribution is 2.19. The van der Waals surface area contributed by atoms with Crippen molar-refractivity contribution in [3.05, 3.63) is 72.1 Å². The molecule has 0 bridgehead atoms. The largest absolute Gasteiger partial charge is 0.494 e. The van der Waals surface area contributed by atoms with Crippen molar-refractivity contribution in [2.24, 2.45) is 7.05 Å². The molecule has 0 radical (unpaired) electrons. The van der Waals surface area contributed by atoms with E-state index in [1.54, 1.807) is 16.8 Å². The summed E-state index contributed by atoms with van der Waals surface area (Å²) in [4.78, 5) is 20.6. The minimum absolute atomic E-state index is 0.113. The maximum absolute atomic E-state index is 12.3. The lowest BCUT2D eigenvalue weighted by Gasteiger charge is -2.08. The van der Waals surface area contributed by atoms with Crippen LogP contribution in [0.5, 0.6) is 5.75 Å². The molecule has 0 aliphatic carbocycles. The molecular formula is C21H23N3O4. The summed E-state index contributed by atoms with van der Waals surface area (Å²) in [6.07, 6.45) is 3.81. The van der Waals surface area contributed by atoms with Crippen molar-refractivity contribution in [2.75, 3.05) is 6.61 Å². The Labute approximate surface area is 163 Å². The van der Waals surface area contributed by atoms with E-state index in [0.29, 0.717) is 24.5 Å². The summed E-state index contributed by atoms with van der Waals surface area (Å²) in [5.41, 5.74) is 3.82. The molecule has 1 heterocycles. The first-order valence-corrected chi connectivity index (χ1v) is 8.74. The van der Waals surface area contributed by atoms with Crippen molar-refractivity contribution in [3.63, 3.8) is 0 Å². The molecule has 0 aliphatic heterocycles. The SMILES string of the molecule is CCOc1cccc(C(=O)NCc2ccc(-c3cnn(C)c3)cc2)c1.O=CO. The highest BCUT2D eigenvalue weighted by Gasteiger charge is 2.07. The maximum atomic E-state index is 12.3. The van der Waals surface area contributed by atoms with Crippen molar-refractivity contribution in [1.82, 2.24) is 15.1 Å². The maximum Gasteiger partial charge on any atom is 0.290 e. The van der Waals surface area contributed by atoms with Crippen LogP contribution in [0.1, 0.15) is 22.8 Å². The molecule has 28 heavy (non-hydrogen) atoms. The van der Waals surface area contributed by atoms with Crippen LogP contribution in [-0.4, -0.2) is 33.9 Å². The van der Waals surface area contributed by atoms with E-state index in [4.69, 9.17) is 14.6 Å². The van der Waals surface area contributed by atoms with Gasteiger partial charge in [0, 0.05) is 30.9 Å². The van der Waals surface area contributed by atoms with E-state index < -0.39 is 0 Å². The molecule has 0 aliphatic rings. The molecule has 146 valence electrons. The summed E-state index contributed by atoms with van der Waals surface area (Å²) < 4.78 is 7.21. The van der Waals surface area contributed by atoms with Gasteiger partial charge in [0.15, 0.2) is 0 Å². The number of benzene rings is 2. The lowest BCUT2D eigenvalue weighted by Crippen LogP contribution is -2.22. The predicted octanol–water partition coefficient (Wildman–Crippen LogP) is 3.12. The average Bonchev–Trinajstić information content (AvgIpc) is 3.14. The third-order valence-electron chi connectivity index (χ3n) is 3.85. The van der Waals surface area contributed by atoms with E-state index in [0.717, 1.165) is 16.7 Å². The number of nitrogens with one attached hydrogen (secondary N) is 1. The molecule has 0 fully saturated rings. The molecule has 0 saturated heterocycles. The van der Waals surface area contributed by atoms with Crippen molar-refractivity contribution in [3.8, 4) is 16.9 Å². The van der Waals surface area contributed by atoms with Crippen LogP contribution in [0.3, 0.4) is 0 Å². The van der Waals surface area contributed by atoms with Crippen molar-refractivity contribution < 1.29 is 19.4 Å². The summed E-state index contributed by atoms with van der Waals surface area (Å²) >= 11 is 0. The van der Waals surface area contributed by atoms with Crippen molar-refractivity contribution in [2.45, 2.75) is 13.5 Å². The van der Waals surface area contributed by atoms with Crippen LogP contribution >= 0.6 is 0 Å². The van der Waals surface area contributed by atoms with Crippen molar-refractivity contribution in [1.29, 1.82) is 0 Å². The fourth-order valence-corrected chi connectivity index (χ4v) is 2.56. The van der Waals surface area contributed by atoms with Crippen LogP contribution < -0.4 is 10.1 Å². The van der Waals surface area contributed by atoms with E-state index >= 15 is 0 Å². The molecule has 3 aromatic rings. The number of hydrogen-bond acceptors (Lipinski definition) is 4. The molecule has 1 amide bonds. The number of amides is 1. The fraction of sp³-hybridized carbons (Fsp3) is 0.190. The van der Waals surface area contributed by atoms with Gasteiger partial charge in [-0.2, -0.15) is 5.10 Å². The first-order valence-electron chi connectivity index (χ1n) is 8.74. The normalized spacial score (nSPS) is 9.79. The lowest BCUT2D eigenvalue weighted by molar-refractivity contribution is -0.122. The topological polar surface area (TPSA) is 93.5 Å². The average molecular weight is 381 g/mol. The number of carbonyl (C=O) groups excluding carboxylic acids is 1. The van der Waals surface area contributed by atoms with Crippen LogP contribution in [0.4, 0.5) is 0 Å². The zero-order chi connectivity index (χ0) is 20.4. The van der Waals surface area contributed by atoms with E-state index in [1.807, 2.05) is 62.8 Å². The molecule has 1 aromatic heterocycles. The van der Waals surface area contributed by atoms with Gasteiger partial charge in [-0.1, -0.05) is 30.3 Å². The first kappa shape index (κ1) is 20.7. The molecule has 7 nitrogen and oxygen atoms in total. The van der Waals surface area contributed by atoms with Crippen molar-refractivity contribution >= 4 is 12.4 Å². The third-order valence-corrected chi connectivity index (χ3v) is 3.85. The number of ether oxygens (including phenoxy) is 1. The molecule has 7 heteroatoms. The Morgan fingerprint density at radius 3 is 2.54 bits per heavy atom. The van der Waals surface area contributed by atoms with Gasteiger partial charge in [0.05, 0.1) is 12.8 Å². The summed E-state index contributed by atoms with van der Waals surface area (Å²) in [7, 11) is 1.90. The second kappa shape index (κ2) is 10.5. The summed E-state index contributed by atoms with van der Waals surface area (Å²) in [6, 6.07) is 15.3. The van der Waals surface area contributed by atoms with Crippen LogP contribution in [-0.2, 0) is 18.4 Å². The molecule has 0 spiro atoms. The minimum atomic E-state index is -0.250. The fourth-order valence-electron chi connectivity index (χ4n) is 2.56. The summed E-state index contributed by atoms with van der Waals surface area (Å²) in [6.45, 7) is 2.72. The van der Waals surface area contributed by atoms with E-state index in [2.05, 4.69) is 10.4 Å². The molecule has 2 aromatic carbocycles. The highest BCUT2D eigenvalue weighted by molar-refractivity contribution is 5.94. The zero-order valence-electron chi connectivity index (χ0n) is 15.8. The number of carbonyl (C=O) groups is 2. The van der Waals surface area contributed by atoms with Gasteiger partial charge in [0.25, 0.3) is 12.4 Å². The predicted molar refractivity (Wildman–Crippen MR) is 106 cm³/mol. The number of hydrogen-bond donors (Lipinski definition) is 2. The minimum Gasteiger partial charge on any atom is -0.494 e. The summed E-state index contributed by atoms with van der Waals surface area (Å²) in [5, 5.41) is 14.0. The molecule has 2 N–H and O–H groups in total. The smallest absolute Gasteiger partial charge is 0.290 e. The van der Waals surface area contributed by atoms with Gasteiger partial charge in [-0.25, -0.2) is 0 Å². The van der Waals surface area contributed by atoms with Gasteiger partial charge < -0.3 is 15.2 Å². The number of rotatable bonds is 6. The van der Waals surface area contributed by atoms with Crippen LogP contribution in [0.2, 0.25) is 0 Å². The highest BCUT2D eigenvalue weighted by atomic mass is 16.5. The Hall–Kier alpha value is -3.61. The number of carboxylic acid groups (broad SMARTS) is 1. The molecular weight excluding hydrogens is 358 g/mol. The standard InChI is InChI=1S/C20H21N3O2.CH2O2/c1-3-25-19-6-4-5-17(11-19)20(24)21-12-15-7-9-16(10-8-15)18-13-22-23(2)14-18;2-1-3/h4-11,13-14H,3,12H2,1-2H3,(H,21,24);1H,(H,2,3). The second-order valence-electron chi connectivity index (χ2n) is 5.85. The van der Waals surface area contributed by atoms with Gasteiger partial charge in [-0.3, -0.25) is 14.3 Å². The van der Waals surface area contributed by atoms with Gasteiger partial charge in [-0.15, -0.1) is 0 Å². The third kappa shape index (κ3) is 5.98. The van der Waals surface area contributed by atoms with E-state index in [1.165, 1.54) is 0 Å². The van der Waals surface area contributed by atoms with Gasteiger partial charge >= 0.3 is 0 Å². The Morgan fingerprint density at radius 1 is 1.21 bits per heavy atom. The van der Waals surface area contributed by atoms with E-state index in [-0.39, 0.29) is 12.4 Å². The van der Waals surface area contributed by atoms with Crippen LogP contribution in [0.15, 0.2) is 60.9 Å². The molecule has 0 saturated carbocycles. The Morgan fingerprint density at radius 2 is 1.93 bits per heavy atom. The Bertz CT molecular complexity index is 904. The van der Waals surface area contributed by atoms with Crippen LogP contribution in [0.25, 0.3) is 11.1 Å². The lowest BCUT2D eigenvalue weighted by atomic mass is 10.1.